The minimum Gasteiger partial charge on any atom is -0.478 e. The summed E-state index contributed by atoms with van der Waals surface area (Å²) in [4.78, 5) is 17.4. The maximum atomic E-state index is 10.9. The van der Waals surface area contributed by atoms with Gasteiger partial charge in [0.15, 0.2) is 0 Å². The molecule has 1 saturated heterocycles. The van der Waals surface area contributed by atoms with Crippen LogP contribution in [0.25, 0.3) is 0 Å². The van der Waals surface area contributed by atoms with Crippen molar-refractivity contribution in [2.45, 2.75) is 32.7 Å². The van der Waals surface area contributed by atoms with Crippen molar-refractivity contribution in [1.29, 1.82) is 0 Å². The van der Waals surface area contributed by atoms with Gasteiger partial charge in [-0.15, -0.1) is 0 Å². The van der Waals surface area contributed by atoms with Crippen molar-refractivity contribution < 1.29 is 9.90 Å². The maximum absolute atomic E-state index is 10.9. The smallest absolute Gasteiger partial charge is 0.335 e. The molecule has 0 amide bonds. The van der Waals surface area contributed by atoms with E-state index in [4.69, 9.17) is 5.11 Å². The van der Waals surface area contributed by atoms with Crippen LogP contribution in [0.4, 0.5) is 5.82 Å². The maximum Gasteiger partial charge on any atom is 0.335 e. The van der Waals surface area contributed by atoms with Crippen LogP contribution in [0, 0.1) is 5.92 Å². The quantitative estimate of drug-likeness (QED) is 0.853. The van der Waals surface area contributed by atoms with Crippen molar-refractivity contribution in [3.05, 3.63) is 23.9 Å². The lowest BCUT2D eigenvalue weighted by molar-refractivity contribution is 0.0696. The lowest BCUT2D eigenvalue weighted by Crippen LogP contribution is -2.42. The monoisotopic (exact) mass is 234 g/mol. The van der Waals surface area contributed by atoms with Gasteiger partial charge in [0.1, 0.15) is 5.82 Å². The molecule has 0 aromatic carbocycles. The molecule has 1 aromatic heterocycles. The van der Waals surface area contributed by atoms with Crippen LogP contribution in [-0.4, -0.2) is 28.6 Å². The number of pyridine rings is 1. The van der Waals surface area contributed by atoms with Crippen molar-refractivity contribution in [2.75, 3.05) is 11.4 Å². The molecule has 1 aromatic rings. The summed E-state index contributed by atoms with van der Waals surface area (Å²) in [6.45, 7) is 5.37. The Bertz CT molecular complexity index is 420. The van der Waals surface area contributed by atoms with Gasteiger partial charge in [-0.1, -0.05) is 6.92 Å². The number of carboxylic acids is 1. The first-order valence-corrected chi connectivity index (χ1v) is 6.05. The standard InChI is InChI=1S/C13H18N2O2/c1-9-4-3-7-15(10(9)2)12-8-11(13(16)17)5-6-14-12/h5-6,8-10H,3-4,7H2,1-2H3,(H,16,17). The fourth-order valence-electron chi connectivity index (χ4n) is 2.37. The summed E-state index contributed by atoms with van der Waals surface area (Å²) < 4.78 is 0. The highest BCUT2D eigenvalue weighted by atomic mass is 16.4. The third-order valence-electron chi connectivity index (χ3n) is 3.66. The number of nitrogens with zero attached hydrogens (tertiary/aromatic N) is 2. The number of rotatable bonds is 2. The van der Waals surface area contributed by atoms with Crippen LogP contribution in [0.2, 0.25) is 0 Å². The largest absolute Gasteiger partial charge is 0.478 e. The van der Waals surface area contributed by atoms with E-state index in [1.165, 1.54) is 12.5 Å². The Morgan fingerprint density at radius 1 is 1.53 bits per heavy atom. The van der Waals surface area contributed by atoms with E-state index in [-0.39, 0.29) is 0 Å². The van der Waals surface area contributed by atoms with E-state index in [2.05, 4.69) is 23.7 Å². The number of aromatic carboxylic acids is 1. The van der Waals surface area contributed by atoms with Crippen molar-refractivity contribution in [3.63, 3.8) is 0 Å². The summed E-state index contributed by atoms with van der Waals surface area (Å²) in [5.74, 6) is 0.509. The summed E-state index contributed by atoms with van der Waals surface area (Å²) in [6, 6.07) is 3.61. The Balaban J connectivity index is 2.26. The van der Waals surface area contributed by atoms with Crippen LogP contribution < -0.4 is 4.90 Å². The van der Waals surface area contributed by atoms with Gasteiger partial charge in [-0.25, -0.2) is 9.78 Å². The number of carbonyl (C=O) groups is 1. The summed E-state index contributed by atoms with van der Waals surface area (Å²) in [7, 11) is 0. The summed E-state index contributed by atoms with van der Waals surface area (Å²) in [5.41, 5.74) is 0.306. The van der Waals surface area contributed by atoms with Crippen molar-refractivity contribution in [3.8, 4) is 0 Å². The van der Waals surface area contributed by atoms with Gasteiger partial charge in [0.25, 0.3) is 0 Å². The number of anilines is 1. The van der Waals surface area contributed by atoms with Gasteiger partial charge >= 0.3 is 5.97 Å². The molecule has 2 atom stereocenters. The molecule has 0 aliphatic carbocycles. The second-order valence-electron chi connectivity index (χ2n) is 4.76. The zero-order valence-corrected chi connectivity index (χ0v) is 10.3. The van der Waals surface area contributed by atoms with Crippen LogP contribution in [0.15, 0.2) is 18.3 Å². The Labute approximate surface area is 101 Å². The van der Waals surface area contributed by atoms with Gasteiger partial charge in [-0.05, 0) is 37.8 Å². The van der Waals surface area contributed by atoms with Crippen LogP contribution in [0.3, 0.4) is 0 Å². The van der Waals surface area contributed by atoms with E-state index >= 15 is 0 Å². The molecule has 0 bridgehead atoms. The fraction of sp³-hybridized carbons (Fsp3) is 0.538. The highest BCUT2D eigenvalue weighted by molar-refractivity contribution is 5.88. The van der Waals surface area contributed by atoms with Gasteiger partial charge in [0.05, 0.1) is 5.56 Å². The molecule has 2 unspecified atom stereocenters. The van der Waals surface area contributed by atoms with E-state index in [0.717, 1.165) is 18.8 Å². The lowest BCUT2D eigenvalue weighted by atomic mass is 9.92. The highest BCUT2D eigenvalue weighted by Gasteiger charge is 2.25. The zero-order valence-electron chi connectivity index (χ0n) is 10.3. The minimum absolute atomic E-state index is 0.306. The highest BCUT2D eigenvalue weighted by Crippen LogP contribution is 2.27. The van der Waals surface area contributed by atoms with Gasteiger partial charge in [0.2, 0.25) is 0 Å². The Morgan fingerprint density at radius 3 is 3.00 bits per heavy atom. The predicted octanol–water partition coefficient (Wildman–Crippen LogP) is 2.40. The fourth-order valence-corrected chi connectivity index (χ4v) is 2.37. The van der Waals surface area contributed by atoms with Crippen LogP contribution in [-0.2, 0) is 0 Å². The minimum atomic E-state index is -0.897. The molecule has 2 heterocycles. The normalized spacial score (nSPS) is 24.7. The van der Waals surface area contributed by atoms with Crippen molar-refractivity contribution in [1.82, 2.24) is 4.98 Å². The van der Waals surface area contributed by atoms with Crippen molar-refractivity contribution in [2.24, 2.45) is 5.92 Å². The molecule has 1 N–H and O–H groups in total. The van der Waals surface area contributed by atoms with Crippen LogP contribution >= 0.6 is 0 Å². The molecule has 4 nitrogen and oxygen atoms in total. The number of piperidine rings is 1. The molecule has 1 aliphatic rings. The molecule has 17 heavy (non-hydrogen) atoms. The molecular formula is C13H18N2O2. The summed E-state index contributed by atoms with van der Waals surface area (Å²) >= 11 is 0. The van der Waals surface area contributed by atoms with Gasteiger partial charge in [0, 0.05) is 18.8 Å². The third kappa shape index (κ3) is 2.40. The van der Waals surface area contributed by atoms with Gasteiger partial charge in [-0.2, -0.15) is 0 Å². The lowest BCUT2D eigenvalue weighted by Gasteiger charge is -2.38. The van der Waals surface area contributed by atoms with Crippen LogP contribution in [0.5, 0.6) is 0 Å². The molecule has 0 saturated carbocycles. The Kier molecular flexibility index (Phi) is 3.31. The molecule has 92 valence electrons. The average molecular weight is 234 g/mol. The molecule has 0 radical (unpaired) electrons. The molecule has 0 spiro atoms. The van der Waals surface area contributed by atoms with Gasteiger partial charge in [-0.3, -0.25) is 0 Å². The van der Waals surface area contributed by atoms with E-state index < -0.39 is 5.97 Å². The molecular weight excluding hydrogens is 216 g/mol. The molecule has 4 heteroatoms. The number of aromatic nitrogens is 1. The topological polar surface area (TPSA) is 53.4 Å². The first-order valence-electron chi connectivity index (χ1n) is 6.05. The third-order valence-corrected chi connectivity index (χ3v) is 3.66. The summed E-state index contributed by atoms with van der Waals surface area (Å²) in [5, 5.41) is 8.98. The van der Waals surface area contributed by atoms with Crippen LogP contribution in [0.1, 0.15) is 37.0 Å². The molecule has 2 rings (SSSR count). The Morgan fingerprint density at radius 2 is 2.29 bits per heavy atom. The Hall–Kier alpha value is -1.58. The first-order chi connectivity index (χ1) is 8.09. The van der Waals surface area contributed by atoms with Gasteiger partial charge < -0.3 is 10.0 Å². The molecule has 1 fully saturated rings. The SMILES string of the molecule is CC1CCCN(c2cc(C(=O)O)ccn2)C1C. The van der Waals surface area contributed by atoms with E-state index in [1.807, 2.05) is 0 Å². The molecule has 1 aliphatic heterocycles. The zero-order chi connectivity index (χ0) is 12.4. The number of hydrogen-bond donors (Lipinski definition) is 1. The number of carboxylic acid groups (broad SMARTS) is 1. The second-order valence-corrected chi connectivity index (χ2v) is 4.76. The second kappa shape index (κ2) is 4.73. The van der Waals surface area contributed by atoms with E-state index in [1.54, 1.807) is 12.3 Å². The first kappa shape index (κ1) is 11.9. The van der Waals surface area contributed by atoms with E-state index in [9.17, 15) is 4.79 Å². The van der Waals surface area contributed by atoms with E-state index in [0.29, 0.717) is 17.5 Å². The number of hydrogen-bond acceptors (Lipinski definition) is 3. The summed E-state index contributed by atoms with van der Waals surface area (Å²) in [6.07, 6.45) is 3.95. The van der Waals surface area contributed by atoms with Crippen molar-refractivity contribution >= 4 is 11.8 Å². The average Bonchev–Trinajstić information content (AvgIpc) is 2.33. The predicted molar refractivity (Wildman–Crippen MR) is 66.4 cm³/mol.